The lowest BCUT2D eigenvalue weighted by molar-refractivity contribution is -0.151. The molecule has 0 aliphatic rings. The summed E-state index contributed by atoms with van der Waals surface area (Å²) < 4.78 is 4.89. The fourth-order valence-corrected chi connectivity index (χ4v) is 1.99. The number of nitrogens with zero attached hydrogens (tertiary/aromatic N) is 1. The van der Waals surface area contributed by atoms with Crippen molar-refractivity contribution < 1.29 is 19.1 Å². The van der Waals surface area contributed by atoms with Gasteiger partial charge in [0.05, 0.1) is 6.42 Å². The molecule has 1 rings (SSSR count). The fourth-order valence-electron chi connectivity index (χ4n) is 1.86. The number of benzene rings is 1. The summed E-state index contributed by atoms with van der Waals surface area (Å²) in [4.78, 5) is 36.6. The van der Waals surface area contributed by atoms with Gasteiger partial charge in [0.1, 0.15) is 0 Å². The monoisotopic (exact) mass is 340 g/mol. The second-order valence-electron chi connectivity index (χ2n) is 4.74. The van der Waals surface area contributed by atoms with Crippen molar-refractivity contribution in [1.29, 1.82) is 0 Å². The van der Waals surface area contributed by atoms with Gasteiger partial charge in [-0.3, -0.25) is 14.4 Å². The molecule has 1 aromatic carbocycles. The Kier molecular flexibility index (Phi) is 8.11. The average molecular weight is 341 g/mol. The molecule has 0 unspecified atom stereocenters. The quantitative estimate of drug-likeness (QED) is 0.733. The molecule has 0 aromatic heterocycles. The summed E-state index contributed by atoms with van der Waals surface area (Å²) in [5.74, 6) is -1.05. The maximum Gasteiger partial charge on any atom is 0.308 e. The Morgan fingerprint density at radius 2 is 1.74 bits per heavy atom. The van der Waals surface area contributed by atoms with Crippen LogP contribution >= 0.6 is 11.6 Å². The van der Waals surface area contributed by atoms with Crippen LogP contribution in [0.25, 0.3) is 0 Å². The number of carbonyl (C=O) groups is 3. The molecule has 23 heavy (non-hydrogen) atoms. The summed E-state index contributed by atoms with van der Waals surface area (Å²) in [7, 11) is 0. The highest BCUT2D eigenvalue weighted by Gasteiger charge is 2.13. The molecule has 1 aromatic rings. The molecule has 0 aliphatic carbocycles. The van der Waals surface area contributed by atoms with Gasteiger partial charge < -0.3 is 15.0 Å². The highest BCUT2D eigenvalue weighted by Crippen LogP contribution is 2.09. The van der Waals surface area contributed by atoms with Crippen LogP contribution in [0.5, 0.6) is 0 Å². The van der Waals surface area contributed by atoms with Gasteiger partial charge in [-0.2, -0.15) is 0 Å². The standard InChI is InChI=1S/C16H21ClN2O4/c1-3-19(4-2)14(20)11-23-15(21)9-10-18-16(22)12-5-7-13(17)8-6-12/h5-8H,3-4,9-11H2,1-2H3,(H,18,22). The largest absolute Gasteiger partial charge is 0.456 e. The Labute approximate surface area is 140 Å². The summed E-state index contributed by atoms with van der Waals surface area (Å²) >= 11 is 5.74. The van der Waals surface area contributed by atoms with Crippen LogP contribution in [0, 0.1) is 0 Å². The van der Waals surface area contributed by atoms with Gasteiger partial charge in [-0.25, -0.2) is 0 Å². The van der Waals surface area contributed by atoms with Crippen LogP contribution in [0.4, 0.5) is 0 Å². The smallest absolute Gasteiger partial charge is 0.308 e. The third-order valence-electron chi connectivity index (χ3n) is 3.19. The number of hydrogen-bond acceptors (Lipinski definition) is 4. The zero-order valence-electron chi connectivity index (χ0n) is 13.3. The summed E-state index contributed by atoms with van der Waals surface area (Å²) in [5.41, 5.74) is 0.458. The summed E-state index contributed by atoms with van der Waals surface area (Å²) in [6.45, 7) is 4.73. The van der Waals surface area contributed by atoms with Gasteiger partial charge in [0.25, 0.3) is 11.8 Å². The predicted octanol–water partition coefficient (Wildman–Crippen LogP) is 1.87. The first-order valence-electron chi connectivity index (χ1n) is 7.45. The minimum Gasteiger partial charge on any atom is -0.456 e. The Balaban J connectivity index is 2.27. The van der Waals surface area contributed by atoms with Crippen LogP contribution in [-0.2, 0) is 14.3 Å². The van der Waals surface area contributed by atoms with Crippen LogP contribution in [0.3, 0.4) is 0 Å². The third kappa shape index (κ3) is 6.69. The van der Waals surface area contributed by atoms with E-state index in [1.165, 1.54) is 0 Å². The van der Waals surface area contributed by atoms with E-state index >= 15 is 0 Å². The lowest BCUT2D eigenvalue weighted by Gasteiger charge is -2.18. The molecule has 0 atom stereocenters. The summed E-state index contributed by atoms with van der Waals surface area (Å²) in [6, 6.07) is 6.42. The number of likely N-dealkylation sites (N-methyl/N-ethyl adjacent to an activating group) is 1. The van der Waals surface area contributed by atoms with Gasteiger partial charge >= 0.3 is 5.97 Å². The van der Waals surface area contributed by atoms with E-state index in [4.69, 9.17) is 16.3 Å². The molecule has 6 nitrogen and oxygen atoms in total. The van der Waals surface area contributed by atoms with Crippen LogP contribution < -0.4 is 5.32 Å². The molecule has 7 heteroatoms. The van der Waals surface area contributed by atoms with Crippen LogP contribution in [0.15, 0.2) is 24.3 Å². The second-order valence-corrected chi connectivity index (χ2v) is 5.18. The van der Waals surface area contributed by atoms with Crippen molar-refractivity contribution in [2.45, 2.75) is 20.3 Å². The average Bonchev–Trinajstić information content (AvgIpc) is 2.54. The molecular weight excluding hydrogens is 320 g/mol. The molecule has 126 valence electrons. The number of esters is 1. The molecule has 0 heterocycles. The maximum atomic E-state index is 11.8. The van der Waals surface area contributed by atoms with Crippen LogP contribution in [0.2, 0.25) is 5.02 Å². The van der Waals surface area contributed by atoms with E-state index in [1.807, 2.05) is 13.8 Å². The van der Waals surface area contributed by atoms with Crippen LogP contribution in [0.1, 0.15) is 30.6 Å². The molecule has 0 bridgehead atoms. The molecule has 0 spiro atoms. The van der Waals surface area contributed by atoms with E-state index < -0.39 is 5.97 Å². The molecule has 0 saturated heterocycles. The predicted molar refractivity (Wildman–Crippen MR) is 87.3 cm³/mol. The van der Waals surface area contributed by atoms with E-state index in [0.717, 1.165) is 0 Å². The SMILES string of the molecule is CCN(CC)C(=O)COC(=O)CCNC(=O)c1ccc(Cl)cc1. The number of ether oxygens (including phenoxy) is 1. The Hall–Kier alpha value is -2.08. The number of hydrogen-bond donors (Lipinski definition) is 1. The molecule has 1 N–H and O–H groups in total. The van der Waals surface area contributed by atoms with E-state index in [1.54, 1.807) is 29.2 Å². The minimum atomic E-state index is -0.526. The fraction of sp³-hybridized carbons (Fsp3) is 0.438. The van der Waals surface area contributed by atoms with Crippen molar-refractivity contribution in [3.8, 4) is 0 Å². The lowest BCUT2D eigenvalue weighted by Crippen LogP contribution is -2.34. The van der Waals surface area contributed by atoms with Crippen molar-refractivity contribution in [2.24, 2.45) is 0 Å². The van der Waals surface area contributed by atoms with Crippen molar-refractivity contribution in [3.05, 3.63) is 34.9 Å². The first kappa shape index (κ1) is 19.0. The normalized spacial score (nSPS) is 10.0. The molecular formula is C16H21ClN2O4. The van der Waals surface area contributed by atoms with E-state index in [9.17, 15) is 14.4 Å². The van der Waals surface area contributed by atoms with Gasteiger partial charge in [0.2, 0.25) is 0 Å². The zero-order valence-corrected chi connectivity index (χ0v) is 14.1. The molecule has 2 amide bonds. The topological polar surface area (TPSA) is 75.7 Å². The highest BCUT2D eigenvalue weighted by molar-refractivity contribution is 6.30. The Morgan fingerprint density at radius 3 is 2.30 bits per heavy atom. The van der Waals surface area contributed by atoms with Gasteiger partial charge in [-0.05, 0) is 38.1 Å². The molecule has 0 aliphatic heterocycles. The number of amides is 2. The van der Waals surface area contributed by atoms with Gasteiger partial charge in [0, 0.05) is 30.2 Å². The van der Waals surface area contributed by atoms with Crippen molar-refractivity contribution in [2.75, 3.05) is 26.2 Å². The maximum absolute atomic E-state index is 11.8. The van der Waals surface area contributed by atoms with Crippen molar-refractivity contribution in [3.63, 3.8) is 0 Å². The Bertz CT molecular complexity index is 542. The van der Waals surface area contributed by atoms with Gasteiger partial charge in [-0.15, -0.1) is 0 Å². The summed E-state index contributed by atoms with van der Waals surface area (Å²) in [6.07, 6.45) is 0.00482. The van der Waals surface area contributed by atoms with Crippen LogP contribution in [-0.4, -0.2) is 48.9 Å². The molecule has 0 radical (unpaired) electrons. The highest BCUT2D eigenvalue weighted by atomic mass is 35.5. The van der Waals surface area contributed by atoms with Gasteiger partial charge in [-0.1, -0.05) is 11.6 Å². The van der Waals surface area contributed by atoms with E-state index in [2.05, 4.69) is 5.32 Å². The first-order valence-corrected chi connectivity index (χ1v) is 7.82. The zero-order chi connectivity index (χ0) is 17.2. The molecule has 0 fully saturated rings. The number of nitrogens with one attached hydrogen (secondary N) is 1. The van der Waals surface area contributed by atoms with E-state index in [0.29, 0.717) is 23.7 Å². The van der Waals surface area contributed by atoms with E-state index in [-0.39, 0.29) is 31.4 Å². The number of rotatable bonds is 8. The second kappa shape index (κ2) is 9.84. The first-order chi connectivity index (χ1) is 11.0. The number of carbonyl (C=O) groups excluding carboxylic acids is 3. The number of halogens is 1. The lowest BCUT2D eigenvalue weighted by atomic mass is 10.2. The third-order valence-corrected chi connectivity index (χ3v) is 3.45. The van der Waals surface area contributed by atoms with Crippen molar-refractivity contribution >= 4 is 29.4 Å². The minimum absolute atomic E-state index is 0.00482. The van der Waals surface area contributed by atoms with Crippen molar-refractivity contribution in [1.82, 2.24) is 10.2 Å². The van der Waals surface area contributed by atoms with Gasteiger partial charge in [0.15, 0.2) is 6.61 Å². The Morgan fingerprint density at radius 1 is 1.13 bits per heavy atom. The summed E-state index contributed by atoms with van der Waals surface area (Å²) in [5, 5.41) is 3.15. The molecule has 0 saturated carbocycles.